The molecule has 2 fully saturated rings. The van der Waals surface area contributed by atoms with Crippen LogP contribution in [0.3, 0.4) is 0 Å². The molecule has 2 nitrogen and oxygen atoms in total. The maximum Gasteiger partial charge on any atom is 0.123 e. The highest BCUT2D eigenvalue weighted by Gasteiger charge is 2.34. The van der Waals surface area contributed by atoms with Crippen LogP contribution in [0.25, 0.3) is 10.8 Å². The van der Waals surface area contributed by atoms with Crippen LogP contribution < -0.4 is 5.32 Å². The average molecular weight is 281 g/mol. The molecular weight excluding hydrogens is 258 g/mol. The van der Waals surface area contributed by atoms with Crippen LogP contribution >= 0.6 is 0 Å². The van der Waals surface area contributed by atoms with Crippen LogP contribution in [0.5, 0.6) is 5.75 Å². The molecule has 2 aliphatic rings. The summed E-state index contributed by atoms with van der Waals surface area (Å²) in [5.41, 5.74) is 1.17. The van der Waals surface area contributed by atoms with Crippen LogP contribution in [-0.2, 0) is 0 Å². The van der Waals surface area contributed by atoms with E-state index < -0.39 is 0 Å². The Balaban J connectivity index is 1.57. The summed E-state index contributed by atoms with van der Waals surface area (Å²) in [7, 11) is 0. The van der Waals surface area contributed by atoms with E-state index in [1.54, 1.807) is 6.07 Å². The summed E-state index contributed by atoms with van der Waals surface area (Å²) in [4.78, 5) is 0. The molecule has 0 heterocycles. The summed E-state index contributed by atoms with van der Waals surface area (Å²) in [6.07, 6.45) is 8.30. The molecule has 0 amide bonds. The van der Waals surface area contributed by atoms with Gasteiger partial charge in [-0.15, -0.1) is 0 Å². The first-order chi connectivity index (χ1) is 10.3. The molecule has 2 aromatic carbocycles. The molecule has 0 aromatic heterocycles. The first-order valence-electron chi connectivity index (χ1n) is 8.28. The molecule has 0 saturated heterocycles. The van der Waals surface area contributed by atoms with Crippen LogP contribution in [0.15, 0.2) is 36.4 Å². The minimum atomic E-state index is 0.371. The van der Waals surface area contributed by atoms with Gasteiger partial charge < -0.3 is 10.4 Å². The van der Waals surface area contributed by atoms with Gasteiger partial charge in [-0.25, -0.2) is 0 Å². The smallest absolute Gasteiger partial charge is 0.123 e. The molecule has 4 rings (SSSR count). The molecular formula is C19H23NO. The molecule has 0 spiro atoms. The molecule has 2 N–H and O–H groups in total. The first kappa shape index (κ1) is 13.0. The number of anilines is 1. The maximum atomic E-state index is 10.00. The highest BCUT2D eigenvalue weighted by molar-refractivity contribution is 5.97. The van der Waals surface area contributed by atoms with Crippen LogP contribution in [0, 0.1) is 11.8 Å². The molecule has 21 heavy (non-hydrogen) atoms. The van der Waals surface area contributed by atoms with Crippen molar-refractivity contribution in [2.24, 2.45) is 11.8 Å². The van der Waals surface area contributed by atoms with Crippen LogP contribution in [-0.4, -0.2) is 11.1 Å². The Kier molecular flexibility index (Phi) is 3.25. The minimum Gasteiger partial charge on any atom is -0.507 e. The fraction of sp³-hybridized carbons (Fsp3) is 0.474. The van der Waals surface area contributed by atoms with E-state index in [4.69, 9.17) is 0 Å². The molecule has 0 aliphatic heterocycles. The second kappa shape index (κ2) is 5.25. The number of fused-ring (bicyclic) bond motifs is 1. The van der Waals surface area contributed by atoms with E-state index in [1.165, 1.54) is 44.2 Å². The lowest BCUT2D eigenvalue weighted by Crippen LogP contribution is -2.28. The Hall–Kier alpha value is -1.70. The van der Waals surface area contributed by atoms with Crippen molar-refractivity contribution < 1.29 is 5.11 Å². The number of aromatic hydroxyl groups is 1. The fourth-order valence-electron chi connectivity index (χ4n) is 3.99. The molecule has 2 aromatic rings. The van der Waals surface area contributed by atoms with Crippen molar-refractivity contribution in [3.05, 3.63) is 36.4 Å². The SMILES string of the molecule is Oc1cccc2c(NC3CCCC(C4CC4)C3)cccc12. The monoisotopic (exact) mass is 281 g/mol. The van der Waals surface area contributed by atoms with Crippen molar-refractivity contribution in [1.82, 2.24) is 0 Å². The van der Waals surface area contributed by atoms with Crippen molar-refractivity contribution in [3.8, 4) is 5.75 Å². The van der Waals surface area contributed by atoms with Gasteiger partial charge in [-0.2, -0.15) is 0 Å². The van der Waals surface area contributed by atoms with Crippen molar-refractivity contribution in [2.45, 2.75) is 44.6 Å². The van der Waals surface area contributed by atoms with Crippen LogP contribution in [0.2, 0.25) is 0 Å². The highest BCUT2D eigenvalue weighted by atomic mass is 16.3. The largest absolute Gasteiger partial charge is 0.507 e. The number of phenols is 1. The number of rotatable bonds is 3. The lowest BCUT2D eigenvalue weighted by atomic mass is 9.82. The summed E-state index contributed by atoms with van der Waals surface area (Å²) < 4.78 is 0. The third-order valence-electron chi connectivity index (χ3n) is 5.26. The lowest BCUT2D eigenvalue weighted by Gasteiger charge is -2.31. The van der Waals surface area contributed by atoms with E-state index in [-0.39, 0.29) is 0 Å². The van der Waals surface area contributed by atoms with Gasteiger partial charge in [0.25, 0.3) is 0 Å². The Labute approximate surface area is 126 Å². The Morgan fingerprint density at radius 1 is 0.857 bits per heavy atom. The van der Waals surface area contributed by atoms with Gasteiger partial charge in [0, 0.05) is 22.5 Å². The number of benzene rings is 2. The standard InChI is InChI=1S/C19H23NO/c21-19-9-3-6-16-17(19)7-2-8-18(16)20-15-5-1-4-14(12-15)13-10-11-13/h2-3,6-9,13-15,20-21H,1,4-5,10-12H2. The van der Waals surface area contributed by atoms with Gasteiger partial charge in [0.1, 0.15) is 5.75 Å². The lowest BCUT2D eigenvalue weighted by molar-refractivity contribution is 0.303. The zero-order valence-electron chi connectivity index (χ0n) is 12.4. The summed E-state index contributed by atoms with van der Waals surface area (Å²) in [5, 5.41) is 15.8. The van der Waals surface area contributed by atoms with E-state index in [0.29, 0.717) is 11.8 Å². The highest BCUT2D eigenvalue weighted by Crippen LogP contribution is 2.44. The second-order valence-corrected chi connectivity index (χ2v) is 6.78. The first-order valence-corrected chi connectivity index (χ1v) is 8.28. The fourth-order valence-corrected chi connectivity index (χ4v) is 3.99. The van der Waals surface area contributed by atoms with Gasteiger partial charge in [-0.1, -0.05) is 37.1 Å². The normalized spacial score (nSPS) is 25.9. The average Bonchev–Trinajstić information content (AvgIpc) is 3.33. The third-order valence-corrected chi connectivity index (χ3v) is 5.26. The predicted octanol–water partition coefficient (Wildman–Crippen LogP) is 4.93. The van der Waals surface area contributed by atoms with Crippen LogP contribution in [0.1, 0.15) is 38.5 Å². The topological polar surface area (TPSA) is 32.3 Å². The Morgan fingerprint density at radius 3 is 2.52 bits per heavy atom. The van der Waals surface area contributed by atoms with Crippen molar-refractivity contribution >= 4 is 16.5 Å². The Morgan fingerprint density at radius 2 is 1.67 bits per heavy atom. The van der Waals surface area contributed by atoms with Gasteiger partial charge in [0.2, 0.25) is 0 Å². The second-order valence-electron chi connectivity index (χ2n) is 6.78. The van der Waals surface area contributed by atoms with E-state index in [2.05, 4.69) is 17.4 Å². The van der Waals surface area contributed by atoms with Gasteiger partial charge in [0.05, 0.1) is 0 Å². The number of hydrogen-bond acceptors (Lipinski definition) is 2. The van der Waals surface area contributed by atoms with Crippen LogP contribution in [0.4, 0.5) is 5.69 Å². The van der Waals surface area contributed by atoms with E-state index in [0.717, 1.165) is 22.6 Å². The molecule has 0 bridgehead atoms. The summed E-state index contributed by atoms with van der Waals surface area (Å²) >= 11 is 0. The number of nitrogens with one attached hydrogen (secondary N) is 1. The quantitative estimate of drug-likeness (QED) is 0.836. The molecule has 2 saturated carbocycles. The molecule has 2 unspecified atom stereocenters. The zero-order valence-corrected chi connectivity index (χ0v) is 12.4. The summed E-state index contributed by atoms with van der Waals surface area (Å²) in [6.45, 7) is 0. The number of hydrogen-bond donors (Lipinski definition) is 2. The van der Waals surface area contributed by atoms with E-state index in [9.17, 15) is 5.11 Å². The third kappa shape index (κ3) is 2.59. The Bertz CT molecular complexity index is 647. The summed E-state index contributed by atoms with van der Waals surface area (Å²) in [5.74, 6) is 2.33. The molecule has 110 valence electrons. The predicted molar refractivity (Wildman–Crippen MR) is 87.7 cm³/mol. The minimum absolute atomic E-state index is 0.371. The van der Waals surface area contributed by atoms with Gasteiger partial charge in [-0.3, -0.25) is 0 Å². The maximum absolute atomic E-state index is 10.00. The molecule has 2 aliphatic carbocycles. The van der Waals surface area contributed by atoms with E-state index in [1.807, 2.05) is 18.2 Å². The van der Waals surface area contributed by atoms with E-state index >= 15 is 0 Å². The molecule has 0 radical (unpaired) electrons. The van der Waals surface area contributed by atoms with Crippen molar-refractivity contribution in [1.29, 1.82) is 0 Å². The van der Waals surface area contributed by atoms with Gasteiger partial charge in [0.15, 0.2) is 0 Å². The zero-order chi connectivity index (χ0) is 14.2. The summed E-state index contributed by atoms with van der Waals surface area (Å²) in [6, 6.07) is 12.5. The molecule has 2 heteroatoms. The van der Waals surface area contributed by atoms with Crippen molar-refractivity contribution in [3.63, 3.8) is 0 Å². The van der Waals surface area contributed by atoms with Crippen molar-refractivity contribution in [2.75, 3.05) is 5.32 Å². The van der Waals surface area contributed by atoms with Gasteiger partial charge >= 0.3 is 0 Å². The number of phenolic OH excluding ortho intramolecular Hbond substituents is 1. The van der Waals surface area contributed by atoms with Gasteiger partial charge in [-0.05, 0) is 49.7 Å². The molecule has 2 atom stereocenters.